The zero-order valence-corrected chi connectivity index (χ0v) is 14.9. The number of piperazine rings is 1. The molecule has 1 fully saturated rings. The lowest BCUT2D eigenvalue weighted by molar-refractivity contribution is -0.137. The van der Waals surface area contributed by atoms with Gasteiger partial charge in [-0.05, 0) is 36.1 Å². The molecule has 2 rings (SSSR count). The van der Waals surface area contributed by atoms with E-state index in [2.05, 4.69) is 24.1 Å². The third-order valence-electron chi connectivity index (χ3n) is 3.92. The van der Waals surface area contributed by atoms with Crippen LogP contribution >= 0.6 is 24.0 Å². The van der Waals surface area contributed by atoms with Crippen molar-refractivity contribution in [2.24, 2.45) is 5.92 Å². The maximum absolute atomic E-state index is 13.0. The summed E-state index contributed by atoms with van der Waals surface area (Å²) in [7, 11) is 0. The third-order valence-corrected chi connectivity index (χ3v) is 4.14. The molecular formula is C16H23Cl2F3N2. The predicted molar refractivity (Wildman–Crippen MR) is 90.3 cm³/mol. The number of nitrogens with zero attached hydrogens (tertiary/aromatic N) is 1. The topological polar surface area (TPSA) is 15.3 Å². The van der Waals surface area contributed by atoms with E-state index in [9.17, 15) is 13.2 Å². The second-order valence-corrected chi connectivity index (χ2v) is 6.64. The van der Waals surface area contributed by atoms with E-state index in [-0.39, 0.29) is 23.5 Å². The summed E-state index contributed by atoms with van der Waals surface area (Å²) >= 11 is 5.94. The molecule has 1 N–H and O–H groups in total. The third kappa shape index (κ3) is 5.82. The van der Waals surface area contributed by atoms with Crippen LogP contribution in [0.3, 0.4) is 0 Å². The summed E-state index contributed by atoms with van der Waals surface area (Å²) in [5.41, 5.74) is -0.00526. The number of hydrogen-bond acceptors (Lipinski definition) is 2. The summed E-state index contributed by atoms with van der Waals surface area (Å²) in [5.74, 6) is 0.396. The van der Waals surface area contributed by atoms with Crippen molar-refractivity contribution in [2.45, 2.75) is 32.5 Å². The quantitative estimate of drug-likeness (QED) is 0.820. The normalized spacial score (nSPS) is 17.9. The Bertz CT molecular complexity index is 501. The monoisotopic (exact) mass is 370 g/mol. The van der Waals surface area contributed by atoms with Gasteiger partial charge < -0.3 is 5.32 Å². The van der Waals surface area contributed by atoms with Gasteiger partial charge in [-0.1, -0.05) is 25.4 Å². The molecule has 0 unspecified atom stereocenters. The van der Waals surface area contributed by atoms with Crippen molar-refractivity contribution in [3.63, 3.8) is 0 Å². The zero-order valence-electron chi connectivity index (χ0n) is 13.3. The van der Waals surface area contributed by atoms with Gasteiger partial charge >= 0.3 is 6.18 Å². The molecule has 1 atom stereocenters. The van der Waals surface area contributed by atoms with E-state index < -0.39 is 11.7 Å². The average molecular weight is 371 g/mol. The lowest BCUT2D eigenvalue weighted by Gasteiger charge is -2.36. The maximum Gasteiger partial charge on any atom is 0.416 e. The molecule has 0 aliphatic carbocycles. The molecule has 7 heteroatoms. The molecule has 2 nitrogen and oxygen atoms in total. The fourth-order valence-electron chi connectivity index (χ4n) is 2.90. The Hall–Kier alpha value is -0.490. The minimum absolute atomic E-state index is 0. The number of hydrogen-bond donors (Lipinski definition) is 1. The Morgan fingerprint density at radius 2 is 1.78 bits per heavy atom. The molecule has 132 valence electrons. The molecule has 1 aliphatic heterocycles. The molecule has 1 aliphatic rings. The van der Waals surface area contributed by atoms with Crippen LogP contribution in [0.4, 0.5) is 13.2 Å². The molecule has 1 aromatic carbocycles. The van der Waals surface area contributed by atoms with Crippen LogP contribution in [0.5, 0.6) is 0 Å². The van der Waals surface area contributed by atoms with Gasteiger partial charge in [0, 0.05) is 37.2 Å². The van der Waals surface area contributed by atoms with E-state index >= 15 is 0 Å². The number of benzene rings is 1. The lowest BCUT2D eigenvalue weighted by atomic mass is 9.93. The van der Waals surface area contributed by atoms with Gasteiger partial charge in [-0.2, -0.15) is 13.2 Å². The summed E-state index contributed by atoms with van der Waals surface area (Å²) in [5, 5.41) is 3.42. The van der Waals surface area contributed by atoms with Gasteiger partial charge in [-0.3, -0.25) is 4.90 Å². The maximum atomic E-state index is 13.0. The van der Waals surface area contributed by atoms with Gasteiger partial charge in [-0.15, -0.1) is 12.4 Å². The average Bonchev–Trinajstić information content (AvgIpc) is 2.44. The van der Waals surface area contributed by atoms with Crippen molar-refractivity contribution in [3.05, 3.63) is 34.3 Å². The molecule has 0 amide bonds. The smallest absolute Gasteiger partial charge is 0.314 e. The fourth-order valence-corrected chi connectivity index (χ4v) is 3.15. The standard InChI is InChI=1S/C16H22ClF3N2.ClH/c1-11(2)7-15(22-5-3-21-4-6-22)12-8-13(16(18,19)20)10-14(17)9-12;/h8-11,15,21H,3-7H2,1-2H3;1H/t15-;/m1./s1. The Balaban J connectivity index is 0.00000264. The summed E-state index contributed by atoms with van der Waals surface area (Å²) in [4.78, 5) is 2.25. The highest BCUT2D eigenvalue weighted by Crippen LogP contribution is 2.36. The zero-order chi connectivity index (χ0) is 16.3. The van der Waals surface area contributed by atoms with E-state index in [4.69, 9.17) is 11.6 Å². The molecule has 0 aromatic heterocycles. The van der Waals surface area contributed by atoms with Crippen molar-refractivity contribution in [3.8, 4) is 0 Å². The molecule has 1 aromatic rings. The minimum atomic E-state index is -4.37. The molecule has 1 heterocycles. The van der Waals surface area contributed by atoms with Crippen molar-refractivity contribution in [1.82, 2.24) is 10.2 Å². The van der Waals surface area contributed by atoms with Crippen LogP contribution in [0.25, 0.3) is 0 Å². The SMILES string of the molecule is CC(C)C[C@H](c1cc(Cl)cc(C(F)(F)F)c1)N1CCNCC1.Cl. The summed E-state index contributed by atoms with van der Waals surface area (Å²) in [6.45, 7) is 7.58. The molecule has 0 radical (unpaired) electrons. The van der Waals surface area contributed by atoms with Crippen molar-refractivity contribution >= 4 is 24.0 Å². The largest absolute Gasteiger partial charge is 0.416 e. The first-order valence-corrected chi connectivity index (χ1v) is 7.97. The van der Waals surface area contributed by atoms with Crippen LogP contribution in [-0.2, 0) is 6.18 Å². The molecule has 1 saturated heterocycles. The molecule has 0 spiro atoms. The van der Waals surface area contributed by atoms with E-state index in [1.54, 1.807) is 6.07 Å². The summed E-state index contributed by atoms with van der Waals surface area (Å²) < 4.78 is 39.1. The number of halogens is 5. The van der Waals surface area contributed by atoms with Crippen LogP contribution < -0.4 is 5.32 Å². The number of alkyl halides is 3. The first-order valence-electron chi connectivity index (χ1n) is 7.60. The summed E-state index contributed by atoms with van der Waals surface area (Å²) in [6, 6.07) is 3.89. The first-order chi connectivity index (χ1) is 10.3. The van der Waals surface area contributed by atoms with Gasteiger partial charge in [0.25, 0.3) is 0 Å². The lowest BCUT2D eigenvalue weighted by Crippen LogP contribution is -2.45. The van der Waals surface area contributed by atoms with E-state index in [0.717, 1.165) is 38.7 Å². The molecular weight excluding hydrogens is 348 g/mol. The molecule has 0 bridgehead atoms. The van der Waals surface area contributed by atoms with E-state index in [0.29, 0.717) is 11.5 Å². The Morgan fingerprint density at radius 3 is 2.30 bits per heavy atom. The number of rotatable bonds is 4. The highest BCUT2D eigenvalue weighted by atomic mass is 35.5. The molecule has 23 heavy (non-hydrogen) atoms. The van der Waals surface area contributed by atoms with Crippen LogP contribution in [0.1, 0.15) is 37.4 Å². The van der Waals surface area contributed by atoms with Crippen molar-refractivity contribution < 1.29 is 13.2 Å². The van der Waals surface area contributed by atoms with Gasteiger partial charge in [0.2, 0.25) is 0 Å². The summed E-state index contributed by atoms with van der Waals surface area (Å²) in [6.07, 6.45) is -3.55. The van der Waals surface area contributed by atoms with Gasteiger partial charge in [-0.25, -0.2) is 0 Å². The van der Waals surface area contributed by atoms with Gasteiger partial charge in [0.1, 0.15) is 0 Å². The van der Waals surface area contributed by atoms with Gasteiger partial charge in [0.05, 0.1) is 5.56 Å². The Kier molecular flexibility index (Phi) is 7.65. The second kappa shape index (κ2) is 8.56. The minimum Gasteiger partial charge on any atom is -0.314 e. The first kappa shape index (κ1) is 20.6. The number of nitrogens with one attached hydrogen (secondary N) is 1. The van der Waals surface area contributed by atoms with Gasteiger partial charge in [0.15, 0.2) is 0 Å². The highest BCUT2D eigenvalue weighted by molar-refractivity contribution is 6.30. The van der Waals surface area contributed by atoms with Crippen LogP contribution in [0.15, 0.2) is 18.2 Å². The van der Waals surface area contributed by atoms with E-state index in [1.165, 1.54) is 6.07 Å². The van der Waals surface area contributed by atoms with Crippen molar-refractivity contribution in [2.75, 3.05) is 26.2 Å². The highest BCUT2D eigenvalue weighted by Gasteiger charge is 2.32. The van der Waals surface area contributed by atoms with Crippen LogP contribution in [0, 0.1) is 5.92 Å². The van der Waals surface area contributed by atoms with Crippen LogP contribution in [0.2, 0.25) is 5.02 Å². The van der Waals surface area contributed by atoms with Crippen LogP contribution in [-0.4, -0.2) is 31.1 Å². The Labute approximate surface area is 146 Å². The fraction of sp³-hybridized carbons (Fsp3) is 0.625. The molecule has 0 saturated carbocycles. The predicted octanol–water partition coefficient (Wildman–Crippen LogP) is 4.77. The van der Waals surface area contributed by atoms with Crippen molar-refractivity contribution in [1.29, 1.82) is 0 Å². The van der Waals surface area contributed by atoms with E-state index in [1.807, 2.05) is 0 Å². The Morgan fingerprint density at radius 1 is 1.17 bits per heavy atom. The second-order valence-electron chi connectivity index (χ2n) is 6.20.